The number of anilines is 1. The number of nitrogens with one attached hydrogen (secondary N) is 2. The molecule has 47 heavy (non-hydrogen) atoms. The van der Waals surface area contributed by atoms with Crippen LogP contribution < -0.4 is 5.32 Å². The SMILES string of the molecule is C=CC.CC.CCCc1c(C(C)c2ccc(NCCCCC3CCN(C)CC3)cc2)[nH]c2ccccc12.CCc1ccc(CC)cc1. The van der Waals surface area contributed by atoms with Crippen LogP contribution in [-0.2, 0) is 19.3 Å². The molecular formula is C44H67N3. The monoisotopic (exact) mass is 638 g/mol. The lowest BCUT2D eigenvalue weighted by molar-refractivity contribution is 0.210. The quantitative estimate of drug-likeness (QED) is 0.120. The number of hydrogen-bond acceptors (Lipinski definition) is 2. The number of para-hydroxylation sites is 1. The van der Waals surface area contributed by atoms with Gasteiger partial charge in [0.25, 0.3) is 0 Å². The van der Waals surface area contributed by atoms with E-state index in [4.69, 9.17) is 0 Å². The molecule has 1 aliphatic heterocycles. The van der Waals surface area contributed by atoms with E-state index in [9.17, 15) is 0 Å². The Labute approximate surface area is 289 Å². The molecule has 0 amide bonds. The number of aromatic amines is 1. The number of unbranched alkanes of at least 4 members (excludes halogenated alkanes) is 1. The van der Waals surface area contributed by atoms with Crippen molar-refractivity contribution >= 4 is 16.6 Å². The van der Waals surface area contributed by atoms with Crippen molar-refractivity contribution in [3.8, 4) is 0 Å². The Morgan fingerprint density at radius 2 is 1.45 bits per heavy atom. The van der Waals surface area contributed by atoms with E-state index in [2.05, 4.69) is 129 Å². The van der Waals surface area contributed by atoms with Gasteiger partial charge in [0.2, 0.25) is 0 Å². The van der Waals surface area contributed by atoms with Crippen LogP contribution >= 0.6 is 0 Å². The van der Waals surface area contributed by atoms with Crippen molar-refractivity contribution < 1.29 is 0 Å². The second-order valence-electron chi connectivity index (χ2n) is 12.8. The van der Waals surface area contributed by atoms with Crippen LogP contribution in [0.4, 0.5) is 5.69 Å². The van der Waals surface area contributed by atoms with Crippen molar-refractivity contribution in [2.45, 2.75) is 112 Å². The molecule has 3 heteroatoms. The molecule has 0 radical (unpaired) electrons. The van der Waals surface area contributed by atoms with Crippen LogP contribution in [0.1, 0.15) is 121 Å². The summed E-state index contributed by atoms with van der Waals surface area (Å²) in [7, 11) is 2.25. The fourth-order valence-corrected chi connectivity index (χ4v) is 6.32. The highest BCUT2D eigenvalue weighted by atomic mass is 15.1. The summed E-state index contributed by atoms with van der Waals surface area (Å²) in [5, 5.41) is 5.02. The van der Waals surface area contributed by atoms with E-state index in [0.29, 0.717) is 5.92 Å². The Kier molecular flexibility index (Phi) is 19.6. The summed E-state index contributed by atoms with van der Waals surface area (Å²) in [5.74, 6) is 1.32. The average Bonchev–Trinajstić information content (AvgIpc) is 3.49. The van der Waals surface area contributed by atoms with Gasteiger partial charge in [0.15, 0.2) is 0 Å². The minimum absolute atomic E-state index is 0.368. The van der Waals surface area contributed by atoms with Crippen LogP contribution in [0.5, 0.6) is 0 Å². The maximum Gasteiger partial charge on any atom is 0.0459 e. The van der Waals surface area contributed by atoms with E-state index in [1.165, 1.54) is 96.2 Å². The Hall–Kier alpha value is -3.30. The first-order chi connectivity index (χ1) is 22.9. The van der Waals surface area contributed by atoms with Gasteiger partial charge in [0, 0.05) is 34.7 Å². The molecule has 1 atom stereocenters. The van der Waals surface area contributed by atoms with Crippen molar-refractivity contribution in [1.82, 2.24) is 9.88 Å². The standard InChI is InChI=1S/C29H41N3.C10H14.C3H6.C2H6/c1-4-9-27-26-11-5-6-12-28(26)31-29(27)22(2)24-13-15-25(16-14-24)30-19-8-7-10-23-17-20-32(3)21-18-23;1-3-9-5-7-10(4-2)8-6-9;1-3-2;1-2/h5-6,11-16,22-23,30-31H,4,7-10,17-21H2,1-3H3;5-8H,3-4H2,1-2H3;3H,1H2,2H3;1-2H3. The van der Waals surface area contributed by atoms with Crippen molar-refractivity contribution in [3.63, 3.8) is 0 Å². The number of H-pyrrole nitrogens is 1. The third-order valence-electron chi connectivity index (χ3n) is 9.24. The summed E-state index contributed by atoms with van der Waals surface area (Å²) < 4.78 is 0. The first kappa shape index (κ1) is 39.9. The number of likely N-dealkylation sites (tertiary alicyclic amines) is 1. The van der Waals surface area contributed by atoms with Gasteiger partial charge in [-0.15, -0.1) is 6.58 Å². The van der Waals surface area contributed by atoms with Gasteiger partial charge in [-0.25, -0.2) is 0 Å². The van der Waals surface area contributed by atoms with E-state index in [1.54, 1.807) is 6.08 Å². The lowest BCUT2D eigenvalue weighted by Crippen LogP contribution is -2.30. The van der Waals surface area contributed by atoms with Crippen LogP contribution in [0.2, 0.25) is 0 Å². The molecule has 0 bridgehead atoms. The Morgan fingerprint density at radius 1 is 0.872 bits per heavy atom. The molecule has 1 fully saturated rings. The maximum absolute atomic E-state index is 3.72. The molecule has 1 saturated heterocycles. The molecule has 3 nitrogen and oxygen atoms in total. The van der Waals surface area contributed by atoms with Gasteiger partial charge in [0.05, 0.1) is 0 Å². The summed E-state index contributed by atoms with van der Waals surface area (Å²) in [5.41, 5.74) is 9.60. The highest BCUT2D eigenvalue weighted by molar-refractivity contribution is 5.85. The van der Waals surface area contributed by atoms with Gasteiger partial charge in [-0.2, -0.15) is 0 Å². The molecule has 258 valence electrons. The number of hydrogen-bond donors (Lipinski definition) is 2. The van der Waals surface area contributed by atoms with Gasteiger partial charge < -0.3 is 15.2 Å². The van der Waals surface area contributed by atoms with Crippen LogP contribution in [0, 0.1) is 5.92 Å². The summed E-state index contributed by atoms with van der Waals surface area (Å²) in [6, 6.07) is 26.7. The molecule has 2 N–H and O–H groups in total. The topological polar surface area (TPSA) is 31.1 Å². The zero-order valence-corrected chi connectivity index (χ0v) is 31.3. The molecule has 1 aliphatic rings. The van der Waals surface area contributed by atoms with E-state index in [0.717, 1.165) is 31.7 Å². The summed E-state index contributed by atoms with van der Waals surface area (Å²) in [6.07, 6.45) is 13.1. The lowest BCUT2D eigenvalue weighted by Gasteiger charge is -2.28. The molecule has 4 aromatic rings. The maximum atomic E-state index is 3.72. The average molecular weight is 638 g/mol. The first-order valence-electron chi connectivity index (χ1n) is 18.7. The van der Waals surface area contributed by atoms with Crippen molar-refractivity contribution in [1.29, 1.82) is 0 Å². The van der Waals surface area contributed by atoms with Crippen molar-refractivity contribution in [2.24, 2.45) is 5.92 Å². The zero-order chi connectivity index (χ0) is 34.4. The highest BCUT2D eigenvalue weighted by Gasteiger charge is 2.18. The van der Waals surface area contributed by atoms with Gasteiger partial charge in [-0.3, -0.25) is 0 Å². The number of aromatic nitrogens is 1. The number of nitrogens with zero attached hydrogens (tertiary/aromatic N) is 1. The van der Waals surface area contributed by atoms with E-state index >= 15 is 0 Å². The smallest absolute Gasteiger partial charge is 0.0459 e. The number of piperidine rings is 1. The molecule has 3 aromatic carbocycles. The molecule has 0 spiro atoms. The molecule has 1 aromatic heterocycles. The largest absolute Gasteiger partial charge is 0.385 e. The summed E-state index contributed by atoms with van der Waals surface area (Å²) in [4.78, 5) is 6.18. The molecule has 1 unspecified atom stereocenters. The number of benzene rings is 3. The Balaban J connectivity index is 0.000000427. The molecule has 5 rings (SSSR count). The third-order valence-corrected chi connectivity index (χ3v) is 9.24. The van der Waals surface area contributed by atoms with Crippen LogP contribution in [0.15, 0.2) is 85.5 Å². The highest BCUT2D eigenvalue weighted by Crippen LogP contribution is 2.33. The number of fused-ring (bicyclic) bond motifs is 1. The zero-order valence-electron chi connectivity index (χ0n) is 31.3. The minimum atomic E-state index is 0.368. The van der Waals surface area contributed by atoms with Gasteiger partial charge in [-0.1, -0.05) is 121 Å². The third kappa shape index (κ3) is 13.4. The van der Waals surface area contributed by atoms with E-state index in [1.807, 2.05) is 20.8 Å². The molecule has 2 heterocycles. The first-order valence-corrected chi connectivity index (χ1v) is 18.7. The van der Waals surface area contributed by atoms with E-state index in [-0.39, 0.29) is 0 Å². The second kappa shape index (κ2) is 23.1. The number of aryl methyl sites for hydroxylation is 3. The normalized spacial score (nSPS) is 13.7. The fourth-order valence-electron chi connectivity index (χ4n) is 6.32. The predicted molar refractivity (Wildman–Crippen MR) is 211 cm³/mol. The summed E-state index contributed by atoms with van der Waals surface area (Å²) in [6.45, 7) is 21.9. The molecular weight excluding hydrogens is 571 g/mol. The van der Waals surface area contributed by atoms with Crippen LogP contribution in [0.3, 0.4) is 0 Å². The molecule has 0 saturated carbocycles. The van der Waals surface area contributed by atoms with Crippen molar-refractivity contribution in [3.05, 3.63) is 113 Å². The van der Waals surface area contributed by atoms with Crippen molar-refractivity contribution in [2.75, 3.05) is 32.0 Å². The van der Waals surface area contributed by atoms with Gasteiger partial charge in [-0.05, 0) is 112 Å². The number of allylic oxidation sites excluding steroid dienone is 1. The Morgan fingerprint density at radius 3 is 2.00 bits per heavy atom. The van der Waals surface area contributed by atoms with E-state index < -0.39 is 0 Å². The van der Waals surface area contributed by atoms with Crippen LogP contribution in [-0.4, -0.2) is 36.6 Å². The predicted octanol–water partition coefficient (Wildman–Crippen LogP) is 12.2. The minimum Gasteiger partial charge on any atom is -0.385 e. The lowest BCUT2D eigenvalue weighted by atomic mass is 9.92. The van der Waals surface area contributed by atoms with Crippen LogP contribution in [0.25, 0.3) is 10.9 Å². The van der Waals surface area contributed by atoms with Gasteiger partial charge in [0.1, 0.15) is 0 Å². The molecule has 0 aliphatic carbocycles. The second-order valence-corrected chi connectivity index (χ2v) is 12.8. The Bertz CT molecular complexity index is 1330. The summed E-state index contributed by atoms with van der Waals surface area (Å²) >= 11 is 0. The van der Waals surface area contributed by atoms with Gasteiger partial charge >= 0.3 is 0 Å². The fraction of sp³-hybridized carbons (Fsp3) is 0.500. The number of rotatable bonds is 12.